The zero-order chi connectivity index (χ0) is 18.1. The third-order valence-corrected chi connectivity index (χ3v) is 4.66. The molecule has 1 aromatic carbocycles. The summed E-state index contributed by atoms with van der Waals surface area (Å²) in [6.45, 7) is 8.25. The van der Waals surface area contributed by atoms with Crippen LogP contribution in [0.5, 0.6) is 0 Å². The Labute approximate surface area is 145 Å². The van der Waals surface area contributed by atoms with E-state index in [1.165, 1.54) is 5.56 Å². The van der Waals surface area contributed by atoms with Gasteiger partial charge in [0, 0.05) is 39.3 Å². The van der Waals surface area contributed by atoms with Crippen molar-refractivity contribution in [3.63, 3.8) is 0 Å². The van der Waals surface area contributed by atoms with E-state index in [0.29, 0.717) is 25.2 Å². The molecule has 1 saturated heterocycles. The van der Waals surface area contributed by atoms with Crippen LogP contribution in [-0.4, -0.2) is 73.3 Å². The first kappa shape index (κ1) is 18.5. The highest BCUT2D eigenvalue weighted by atomic mass is 16.2. The molecule has 1 aliphatic heterocycles. The zero-order valence-corrected chi connectivity index (χ0v) is 15.7. The predicted octanol–water partition coefficient (Wildman–Crippen LogP) is 1.83. The van der Waals surface area contributed by atoms with Crippen molar-refractivity contribution in [1.82, 2.24) is 14.7 Å². The van der Waals surface area contributed by atoms with Crippen LogP contribution in [0.25, 0.3) is 0 Å². The molecule has 24 heavy (non-hydrogen) atoms. The molecule has 1 aromatic rings. The molecule has 1 aliphatic rings. The standard InChI is InChI=1S/C19H29N3O2/c1-19(2,3)15-9-7-14(8-10-15)17(23)22-12-11-21(6)16(13-22)18(24)20(4)5/h7-10,16H,11-13H2,1-6H3. The zero-order valence-electron chi connectivity index (χ0n) is 15.7. The molecule has 1 fully saturated rings. The van der Waals surface area contributed by atoms with Crippen molar-refractivity contribution >= 4 is 11.8 Å². The maximum Gasteiger partial charge on any atom is 0.253 e. The molecule has 1 unspecified atom stereocenters. The van der Waals surface area contributed by atoms with E-state index in [4.69, 9.17) is 0 Å². The lowest BCUT2D eigenvalue weighted by molar-refractivity contribution is -0.135. The smallest absolute Gasteiger partial charge is 0.253 e. The first-order chi connectivity index (χ1) is 11.1. The summed E-state index contributed by atoms with van der Waals surface area (Å²) < 4.78 is 0. The van der Waals surface area contributed by atoms with Gasteiger partial charge in [-0.25, -0.2) is 0 Å². The topological polar surface area (TPSA) is 43.9 Å². The number of nitrogens with zero attached hydrogens (tertiary/aromatic N) is 3. The first-order valence-corrected chi connectivity index (χ1v) is 8.42. The normalized spacial score (nSPS) is 19.2. The summed E-state index contributed by atoms with van der Waals surface area (Å²) in [7, 11) is 5.44. The molecule has 0 aromatic heterocycles. The largest absolute Gasteiger partial charge is 0.347 e. The maximum absolute atomic E-state index is 12.8. The molecule has 5 nitrogen and oxygen atoms in total. The van der Waals surface area contributed by atoms with Crippen LogP contribution in [0.3, 0.4) is 0 Å². The van der Waals surface area contributed by atoms with Crippen LogP contribution in [0, 0.1) is 0 Å². The van der Waals surface area contributed by atoms with Crippen molar-refractivity contribution in [3.05, 3.63) is 35.4 Å². The molecule has 0 radical (unpaired) electrons. The van der Waals surface area contributed by atoms with E-state index in [-0.39, 0.29) is 23.3 Å². The lowest BCUT2D eigenvalue weighted by Crippen LogP contribution is -2.58. The number of hydrogen-bond donors (Lipinski definition) is 0. The van der Waals surface area contributed by atoms with Gasteiger partial charge in [-0.05, 0) is 30.2 Å². The summed E-state index contributed by atoms with van der Waals surface area (Å²) in [5.41, 5.74) is 1.96. The van der Waals surface area contributed by atoms with Crippen LogP contribution in [0.1, 0.15) is 36.7 Å². The second kappa shape index (κ2) is 6.93. The fourth-order valence-corrected chi connectivity index (χ4v) is 2.92. The van der Waals surface area contributed by atoms with E-state index in [2.05, 4.69) is 20.8 Å². The molecule has 0 saturated carbocycles. The van der Waals surface area contributed by atoms with E-state index >= 15 is 0 Å². The third-order valence-electron chi connectivity index (χ3n) is 4.66. The Morgan fingerprint density at radius 2 is 1.67 bits per heavy atom. The number of carbonyl (C=O) groups excluding carboxylic acids is 2. The number of hydrogen-bond acceptors (Lipinski definition) is 3. The van der Waals surface area contributed by atoms with Gasteiger partial charge in [0.05, 0.1) is 0 Å². The second-order valence-corrected chi connectivity index (χ2v) is 7.81. The molecule has 132 valence electrons. The molecular weight excluding hydrogens is 302 g/mol. The molecule has 2 rings (SSSR count). The van der Waals surface area contributed by atoms with Crippen molar-refractivity contribution < 1.29 is 9.59 Å². The molecular formula is C19H29N3O2. The SMILES string of the molecule is CN(C)C(=O)C1CN(C(=O)c2ccc(C(C)(C)C)cc2)CCN1C. The highest BCUT2D eigenvalue weighted by Crippen LogP contribution is 2.23. The monoisotopic (exact) mass is 331 g/mol. The van der Waals surface area contributed by atoms with Gasteiger partial charge in [-0.2, -0.15) is 0 Å². The number of rotatable bonds is 2. The Morgan fingerprint density at radius 1 is 1.08 bits per heavy atom. The number of benzene rings is 1. The van der Waals surface area contributed by atoms with Crippen molar-refractivity contribution in [2.75, 3.05) is 40.8 Å². The fraction of sp³-hybridized carbons (Fsp3) is 0.579. The quantitative estimate of drug-likeness (QED) is 0.830. The average Bonchev–Trinajstić information content (AvgIpc) is 2.53. The summed E-state index contributed by atoms with van der Waals surface area (Å²) in [5, 5.41) is 0. The van der Waals surface area contributed by atoms with E-state index in [1.54, 1.807) is 23.9 Å². The van der Waals surface area contributed by atoms with Gasteiger partial charge in [-0.3, -0.25) is 14.5 Å². The molecule has 0 bridgehead atoms. The van der Waals surface area contributed by atoms with Gasteiger partial charge in [-0.1, -0.05) is 32.9 Å². The molecule has 1 heterocycles. The Hall–Kier alpha value is -1.88. The Balaban J connectivity index is 2.13. The lowest BCUT2D eigenvalue weighted by Gasteiger charge is -2.39. The highest BCUT2D eigenvalue weighted by Gasteiger charge is 2.33. The van der Waals surface area contributed by atoms with E-state index < -0.39 is 0 Å². The molecule has 1 atom stereocenters. The number of likely N-dealkylation sites (N-methyl/N-ethyl adjacent to an activating group) is 2. The van der Waals surface area contributed by atoms with Crippen molar-refractivity contribution in [2.24, 2.45) is 0 Å². The summed E-state index contributed by atoms with van der Waals surface area (Å²) in [6, 6.07) is 7.55. The minimum absolute atomic E-state index is 0.000107. The molecule has 0 N–H and O–H groups in total. The number of carbonyl (C=O) groups is 2. The summed E-state index contributed by atoms with van der Waals surface area (Å²) >= 11 is 0. The Bertz CT molecular complexity index is 602. The van der Waals surface area contributed by atoms with E-state index in [0.717, 1.165) is 0 Å². The molecule has 2 amide bonds. The second-order valence-electron chi connectivity index (χ2n) is 7.81. The fourth-order valence-electron chi connectivity index (χ4n) is 2.92. The van der Waals surface area contributed by atoms with Crippen LogP contribution in [0.2, 0.25) is 0 Å². The van der Waals surface area contributed by atoms with Crippen molar-refractivity contribution in [2.45, 2.75) is 32.2 Å². The van der Waals surface area contributed by atoms with Crippen LogP contribution in [0.4, 0.5) is 0 Å². The minimum Gasteiger partial charge on any atom is -0.347 e. The molecule has 0 spiro atoms. The predicted molar refractivity (Wildman–Crippen MR) is 96.2 cm³/mol. The van der Waals surface area contributed by atoms with Gasteiger partial charge in [0.1, 0.15) is 6.04 Å². The Kier molecular flexibility index (Phi) is 5.33. The van der Waals surface area contributed by atoms with E-state index in [9.17, 15) is 9.59 Å². The van der Waals surface area contributed by atoms with Gasteiger partial charge in [0.15, 0.2) is 0 Å². The lowest BCUT2D eigenvalue weighted by atomic mass is 9.86. The van der Waals surface area contributed by atoms with Crippen LogP contribution in [0.15, 0.2) is 24.3 Å². The number of piperazine rings is 1. The summed E-state index contributed by atoms with van der Waals surface area (Å²) in [4.78, 5) is 30.5. The molecule has 0 aliphatic carbocycles. The van der Waals surface area contributed by atoms with Crippen molar-refractivity contribution in [3.8, 4) is 0 Å². The maximum atomic E-state index is 12.8. The van der Waals surface area contributed by atoms with Gasteiger partial charge in [-0.15, -0.1) is 0 Å². The average molecular weight is 331 g/mol. The van der Waals surface area contributed by atoms with Crippen LogP contribution >= 0.6 is 0 Å². The minimum atomic E-state index is -0.272. The van der Waals surface area contributed by atoms with Gasteiger partial charge < -0.3 is 9.80 Å². The van der Waals surface area contributed by atoms with Gasteiger partial charge in [0.25, 0.3) is 5.91 Å². The van der Waals surface area contributed by atoms with Gasteiger partial charge in [0.2, 0.25) is 5.91 Å². The summed E-state index contributed by atoms with van der Waals surface area (Å²) in [5.74, 6) is 0.0400. The van der Waals surface area contributed by atoms with Crippen molar-refractivity contribution in [1.29, 1.82) is 0 Å². The van der Waals surface area contributed by atoms with E-state index in [1.807, 2.05) is 36.2 Å². The van der Waals surface area contributed by atoms with Gasteiger partial charge >= 0.3 is 0 Å². The highest BCUT2D eigenvalue weighted by molar-refractivity contribution is 5.95. The third kappa shape index (κ3) is 3.96. The number of amides is 2. The molecule has 5 heteroatoms. The van der Waals surface area contributed by atoms with Crippen LogP contribution < -0.4 is 0 Å². The first-order valence-electron chi connectivity index (χ1n) is 8.42. The van der Waals surface area contributed by atoms with Crippen LogP contribution in [-0.2, 0) is 10.2 Å². The Morgan fingerprint density at radius 3 is 2.17 bits per heavy atom. The summed E-state index contributed by atoms with van der Waals surface area (Å²) in [6.07, 6.45) is 0.